The zero-order valence-corrected chi connectivity index (χ0v) is 15.5. The van der Waals surface area contributed by atoms with E-state index >= 15 is 0 Å². The first-order valence-electron chi connectivity index (χ1n) is 8.06. The van der Waals surface area contributed by atoms with Gasteiger partial charge in [-0.25, -0.2) is 9.78 Å². The van der Waals surface area contributed by atoms with Crippen LogP contribution in [0.2, 0.25) is 0 Å². The minimum absolute atomic E-state index is 0.380. The van der Waals surface area contributed by atoms with Crippen LogP contribution in [0.1, 0.15) is 17.3 Å². The molecule has 3 rings (SSSR count). The molecule has 1 atom stereocenters. The average Bonchev–Trinajstić information content (AvgIpc) is 3.09. The molecule has 0 aliphatic carbocycles. The Hall–Kier alpha value is -2.93. The number of hydrogen-bond donors (Lipinski definition) is 1. The smallest absolute Gasteiger partial charge is 0.338 e. The highest BCUT2D eigenvalue weighted by atomic mass is 32.1. The molecule has 0 bridgehead atoms. The Morgan fingerprint density at radius 3 is 2.58 bits per heavy atom. The molecule has 0 saturated carbocycles. The normalized spacial score (nSPS) is 11.8. The summed E-state index contributed by atoms with van der Waals surface area (Å²) in [5.74, 6) is -0.916. The number of carbonyl (C=O) groups excluding carboxylic acids is 2. The number of carbonyl (C=O) groups is 2. The topological polar surface area (TPSA) is 71.5 Å². The molecule has 0 aliphatic heterocycles. The van der Waals surface area contributed by atoms with Crippen LogP contribution >= 0.6 is 11.3 Å². The van der Waals surface area contributed by atoms with Gasteiger partial charge < -0.3 is 15.0 Å². The van der Waals surface area contributed by atoms with Gasteiger partial charge in [-0.15, -0.1) is 11.3 Å². The molecule has 134 valence electrons. The van der Waals surface area contributed by atoms with Gasteiger partial charge in [0.2, 0.25) is 0 Å². The number of rotatable bonds is 5. The predicted molar refractivity (Wildman–Crippen MR) is 104 cm³/mol. The van der Waals surface area contributed by atoms with Gasteiger partial charge in [-0.2, -0.15) is 0 Å². The number of ether oxygens (including phenoxy) is 1. The molecule has 1 heterocycles. The van der Waals surface area contributed by atoms with Gasteiger partial charge in [0.1, 0.15) is 0 Å². The van der Waals surface area contributed by atoms with E-state index in [0.29, 0.717) is 11.3 Å². The maximum Gasteiger partial charge on any atom is 0.338 e. The van der Waals surface area contributed by atoms with Crippen molar-refractivity contribution in [1.82, 2.24) is 4.98 Å². The van der Waals surface area contributed by atoms with Crippen LogP contribution in [-0.2, 0) is 9.53 Å². The molecule has 2 aromatic carbocycles. The molecule has 0 radical (unpaired) electrons. The third-order valence-electron chi connectivity index (χ3n) is 3.87. The Kier molecular flexibility index (Phi) is 5.18. The molecule has 0 saturated heterocycles. The maximum absolute atomic E-state index is 12.3. The lowest BCUT2D eigenvalue weighted by Gasteiger charge is -2.15. The Bertz CT molecular complexity index is 935. The molecule has 1 aromatic heterocycles. The molecule has 7 heteroatoms. The molecule has 6 nitrogen and oxygen atoms in total. The lowest BCUT2D eigenvalue weighted by Crippen LogP contribution is -2.30. The number of amides is 1. The van der Waals surface area contributed by atoms with Crippen LogP contribution < -0.4 is 10.2 Å². The Labute approximate surface area is 155 Å². The maximum atomic E-state index is 12.3. The van der Waals surface area contributed by atoms with Crippen LogP contribution in [0, 0.1) is 0 Å². The van der Waals surface area contributed by atoms with E-state index in [4.69, 9.17) is 4.74 Å². The van der Waals surface area contributed by atoms with Crippen molar-refractivity contribution in [3.05, 3.63) is 53.5 Å². The quantitative estimate of drug-likeness (QED) is 0.697. The minimum Gasteiger partial charge on any atom is -0.449 e. The van der Waals surface area contributed by atoms with Gasteiger partial charge in [0.15, 0.2) is 6.10 Å². The average molecular weight is 369 g/mol. The summed E-state index contributed by atoms with van der Waals surface area (Å²) in [5.41, 5.74) is 4.63. The highest BCUT2D eigenvalue weighted by Gasteiger charge is 2.19. The second kappa shape index (κ2) is 7.53. The summed E-state index contributed by atoms with van der Waals surface area (Å²) in [4.78, 5) is 30.7. The molecular formula is C19H19N3O3S. The van der Waals surface area contributed by atoms with Gasteiger partial charge in [0.25, 0.3) is 5.91 Å². The lowest BCUT2D eigenvalue weighted by atomic mass is 10.2. The van der Waals surface area contributed by atoms with Gasteiger partial charge in [0, 0.05) is 25.5 Å². The lowest BCUT2D eigenvalue weighted by molar-refractivity contribution is -0.123. The Morgan fingerprint density at radius 1 is 1.15 bits per heavy atom. The first kappa shape index (κ1) is 17.9. The van der Waals surface area contributed by atoms with Crippen molar-refractivity contribution in [1.29, 1.82) is 0 Å². The SMILES string of the molecule is C[C@H](OC(=O)c1ccc2ncsc2c1)C(=O)Nc1ccc(N(C)C)cc1. The van der Waals surface area contributed by atoms with Crippen molar-refractivity contribution in [2.75, 3.05) is 24.3 Å². The second-order valence-corrected chi connectivity index (χ2v) is 6.90. The number of thiazole rings is 1. The van der Waals surface area contributed by atoms with E-state index in [0.717, 1.165) is 15.9 Å². The Balaban J connectivity index is 1.61. The van der Waals surface area contributed by atoms with Crippen LogP contribution in [0.15, 0.2) is 48.0 Å². The summed E-state index contributed by atoms with van der Waals surface area (Å²) in [7, 11) is 3.89. The van der Waals surface area contributed by atoms with Crippen LogP contribution in [0.25, 0.3) is 10.2 Å². The number of anilines is 2. The molecular weight excluding hydrogens is 350 g/mol. The first-order valence-corrected chi connectivity index (χ1v) is 8.94. The van der Waals surface area contributed by atoms with Crippen molar-refractivity contribution < 1.29 is 14.3 Å². The van der Waals surface area contributed by atoms with Crippen LogP contribution in [0.4, 0.5) is 11.4 Å². The van der Waals surface area contributed by atoms with Crippen LogP contribution in [-0.4, -0.2) is 37.1 Å². The number of aromatic nitrogens is 1. The van der Waals surface area contributed by atoms with Crippen molar-refractivity contribution in [2.45, 2.75) is 13.0 Å². The van der Waals surface area contributed by atoms with E-state index in [-0.39, 0.29) is 5.91 Å². The summed E-state index contributed by atoms with van der Waals surface area (Å²) >= 11 is 1.45. The third-order valence-corrected chi connectivity index (χ3v) is 4.66. The van der Waals surface area contributed by atoms with E-state index in [2.05, 4.69) is 10.3 Å². The van der Waals surface area contributed by atoms with Crippen molar-refractivity contribution in [3.8, 4) is 0 Å². The van der Waals surface area contributed by atoms with Gasteiger partial charge in [-0.05, 0) is 49.4 Å². The van der Waals surface area contributed by atoms with E-state index in [1.165, 1.54) is 11.3 Å². The van der Waals surface area contributed by atoms with Gasteiger partial charge >= 0.3 is 5.97 Å². The number of hydrogen-bond acceptors (Lipinski definition) is 6. The predicted octanol–water partition coefficient (Wildman–Crippen LogP) is 3.55. The molecule has 0 fully saturated rings. The fourth-order valence-electron chi connectivity index (χ4n) is 2.35. The van der Waals surface area contributed by atoms with Crippen molar-refractivity contribution in [2.24, 2.45) is 0 Å². The summed E-state index contributed by atoms with van der Waals surface area (Å²) < 4.78 is 6.18. The first-order chi connectivity index (χ1) is 12.4. The molecule has 0 spiro atoms. The molecule has 0 unspecified atom stereocenters. The zero-order chi connectivity index (χ0) is 18.7. The summed E-state index contributed by atoms with van der Waals surface area (Å²) in [6.07, 6.45) is -0.909. The number of nitrogens with zero attached hydrogens (tertiary/aromatic N) is 2. The minimum atomic E-state index is -0.909. The number of esters is 1. The number of benzene rings is 2. The fourth-order valence-corrected chi connectivity index (χ4v) is 3.07. The summed E-state index contributed by atoms with van der Waals surface area (Å²) in [5, 5.41) is 2.75. The molecule has 26 heavy (non-hydrogen) atoms. The van der Waals surface area contributed by atoms with Gasteiger partial charge in [-0.1, -0.05) is 0 Å². The molecule has 1 amide bonds. The van der Waals surface area contributed by atoms with E-state index in [1.54, 1.807) is 42.8 Å². The van der Waals surface area contributed by atoms with Gasteiger partial charge in [0.05, 0.1) is 21.3 Å². The largest absolute Gasteiger partial charge is 0.449 e. The standard InChI is InChI=1S/C19H19N3O3S/c1-12(18(23)21-14-5-7-15(8-6-14)22(2)3)25-19(24)13-4-9-16-17(10-13)26-11-20-16/h4-12H,1-3H3,(H,21,23)/t12-/m0/s1. The van der Waals surface area contributed by atoms with E-state index < -0.39 is 12.1 Å². The molecule has 0 aliphatic rings. The molecule has 3 aromatic rings. The summed E-state index contributed by atoms with van der Waals surface area (Å²) in [6, 6.07) is 12.5. The second-order valence-electron chi connectivity index (χ2n) is 6.01. The van der Waals surface area contributed by atoms with Gasteiger partial charge in [-0.3, -0.25) is 4.79 Å². The highest BCUT2D eigenvalue weighted by molar-refractivity contribution is 7.16. The van der Waals surface area contributed by atoms with Crippen LogP contribution in [0.3, 0.4) is 0 Å². The van der Waals surface area contributed by atoms with Crippen LogP contribution in [0.5, 0.6) is 0 Å². The van der Waals surface area contributed by atoms with Crippen molar-refractivity contribution >= 4 is 44.8 Å². The fraction of sp³-hybridized carbons (Fsp3) is 0.211. The Morgan fingerprint density at radius 2 is 1.88 bits per heavy atom. The van der Waals surface area contributed by atoms with Crippen molar-refractivity contribution in [3.63, 3.8) is 0 Å². The third kappa shape index (κ3) is 4.00. The number of nitrogens with one attached hydrogen (secondary N) is 1. The molecule has 1 N–H and O–H groups in total. The number of fused-ring (bicyclic) bond motifs is 1. The highest BCUT2D eigenvalue weighted by Crippen LogP contribution is 2.20. The monoisotopic (exact) mass is 369 g/mol. The van der Waals surface area contributed by atoms with E-state index in [1.807, 2.05) is 31.1 Å². The van der Waals surface area contributed by atoms with E-state index in [9.17, 15) is 9.59 Å². The summed E-state index contributed by atoms with van der Waals surface area (Å²) in [6.45, 7) is 1.55. The zero-order valence-electron chi connectivity index (χ0n) is 14.7.